The second-order valence-corrected chi connectivity index (χ2v) is 7.28. The molecule has 2 N–H and O–H groups in total. The fourth-order valence-corrected chi connectivity index (χ4v) is 3.95. The van der Waals surface area contributed by atoms with E-state index in [0.717, 1.165) is 29.7 Å². The number of hydrogen-bond donors (Lipinski definition) is 2. The van der Waals surface area contributed by atoms with Gasteiger partial charge in [-0.15, -0.1) is 0 Å². The van der Waals surface area contributed by atoms with Crippen LogP contribution < -0.4 is 4.90 Å². The summed E-state index contributed by atoms with van der Waals surface area (Å²) in [7, 11) is 0. The van der Waals surface area contributed by atoms with Gasteiger partial charge in [0.05, 0.1) is 11.4 Å². The summed E-state index contributed by atoms with van der Waals surface area (Å²) in [5.74, 6) is 0.221. The maximum absolute atomic E-state index is 10.1. The van der Waals surface area contributed by atoms with Gasteiger partial charge >= 0.3 is 0 Å². The second kappa shape index (κ2) is 7.00. The van der Waals surface area contributed by atoms with Crippen LogP contribution in [0.15, 0.2) is 60.7 Å². The molecule has 2 aromatic heterocycles. The molecular formula is C23H22N4O. The average Bonchev–Trinajstić information content (AvgIpc) is 3.18. The number of hydrogen-bond acceptors (Lipinski definition) is 4. The Morgan fingerprint density at radius 3 is 2.43 bits per heavy atom. The van der Waals surface area contributed by atoms with Crippen molar-refractivity contribution >= 4 is 16.7 Å². The Bertz CT molecular complexity index is 1110. The highest BCUT2D eigenvalue weighted by Crippen LogP contribution is 2.32. The van der Waals surface area contributed by atoms with E-state index in [0.29, 0.717) is 16.9 Å². The lowest BCUT2D eigenvalue weighted by atomic mass is 10.1. The second-order valence-electron chi connectivity index (χ2n) is 7.28. The Balaban J connectivity index is 1.47. The van der Waals surface area contributed by atoms with Gasteiger partial charge in [-0.2, -0.15) is 5.10 Å². The van der Waals surface area contributed by atoms with Crippen molar-refractivity contribution < 1.29 is 5.11 Å². The number of rotatable bonds is 3. The molecule has 0 bridgehead atoms. The maximum Gasteiger partial charge on any atom is 0.182 e. The Morgan fingerprint density at radius 2 is 1.64 bits per heavy atom. The van der Waals surface area contributed by atoms with Gasteiger partial charge in [-0.1, -0.05) is 24.3 Å². The normalized spacial score (nSPS) is 14.5. The minimum Gasteiger partial charge on any atom is -0.507 e. The van der Waals surface area contributed by atoms with Crippen LogP contribution in [0, 0.1) is 0 Å². The van der Waals surface area contributed by atoms with E-state index in [1.807, 2.05) is 24.3 Å². The summed E-state index contributed by atoms with van der Waals surface area (Å²) in [6, 6.07) is 19.8. The van der Waals surface area contributed by atoms with E-state index in [4.69, 9.17) is 0 Å². The van der Waals surface area contributed by atoms with Crippen LogP contribution in [0.2, 0.25) is 0 Å². The van der Waals surface area contributed by atoms with Crippen LogP contribution in [-0.4, -0.2) is 33.4 Å². The van der Waals surface area contributed by atoms with Crippen molar-refractivity contribution in [3.63, 3.8) is 0 Å². The van der Waals surface area contributed by atoms with Gasteiger partial charge in [0, 0.05) is 35.3 Å². The Labute approximate surface area is 163 Å². The first-order valence-corrected chi connectivity index (χ1v) is 9.78. The third kappa shape index (κ3) is 2.99. The van der Waals surface area contributed by atoms with Crippen LogP contribution in [-0.2, 0) is 0 Å². The smallest absolute Gasteiger partial charge is 0.182 e. The number of aromatic amines is 1. The first-order valence-electron chi connectivity index (χ1n) is 9.78. The number of anilines is 1. The molecule has 140 valence electrons. The lowest BCUT2D eigenvalue weighted by molar-refractivity contribution is 0.477. The summed E-state index contributed by atoms with van der Waals surface area (Å²) >= 11 is 0. The number of aromatic nitrogens is 3. The van der Waals surface area contributed by atoms with E-state index in [2.05, 4.69) is 44.3 Å². The Morgan fingerprint density at radius 1 is 0.857 bits per heavy atom. The molecule has 0 radical (unpaired) electrons. The van der Waals surface area contributed by atoms with E-state index in [1.165, 1.54) is 24.9 Å². The molecule has 5 heteroatoms. The molecule has 0 atom stereocenters. The first-order chi connectivity index (χ1) is 13.8. The van der Waals surface area contributed by atoms with Crippen molar-refractivity contribution in [2.24, 2.45) is 0 Å². The summed E-state index contributed by atoms with van der Waals surface area (Å²) in [4.78, 5) is 7.09. The molecule has 0 aliphatic carbocycles. The Kier molecular flexibility index (Phi) is 4.20. The zero-order valence-corrected chi connectivity index (χ0v) is 15.6. The number of benzene rings is 2. The number of phenols is 1. The molecule has 0 saturated carbocycles. The molecule has 5 nitrogen and oxygen atoms in total. The van der Waals surface area contributed by atoms with Crippen LogP contribution >= 0.6 is 0 Å². The number of para-hydroxylation sites is 1. The lowest BCUT2D eigenvalue weighted by Gasteiger charge is -2.28. The predicted molar refractivity (Wildman–Crippen MR) is 112 cm³/mol. The first kappa shape index (κ1) is 16.8. The van der Waals surface area contributed by atoms with Crippen LogP contribution in [0.3, 0.4) is 0 Å². The van der Waals surface area contributed by atoms with Crippen molar-refractivity contribution in [1.82, 2.24) is 15.2 Å². The molecular weight excluding hydrogens is 348 g/mol. The van der Waals surface area contributed by atoms with Gasteiger partial charge < -0.3 is 10.0 Å². The molecule has 28 heavy (non-hydrogen) atoms. The molecule has 5 rings (SSSR count). The topological polar surface area (TPSA) is 65.0 Å². The van der Waals surface area contributed by atoms with Crippen molar-refractivity contribution in [2.45, 2.75) is 19.3 Å². The molecule has 1 aliphatic heterocycles. The van der Waals surface area contributed by atoms with Crippen molar-refractivity contribution in [1.29, 1.82) is 0 Å². The monoisotopic (exact) mass is 370 g/mol. The predicted octanol–water partition coefficient (Wildman–Crippen LogP) is 4.99. The largest absolute Gasteiger partial charge is 0.507 e. The molecule has 1 aliphatic rings. The van der Waals surface area contributed by atoms with Crippen molar-refractivity contribution in [3.05, 3.63) is 60.7 Å². The zero-order valence-electron chi connectivity index (χ0n) is 15.6. The highest BCUT2D eigenvalue weighted by Gasteiger charge is 2.14. The minimum atomic E-state index is 0.221. The lowest BCUT2D eigenvalue weighted by Crippen LogP contribution is -2.29. The van der Waals surface area contributed by atoms with Crippen molar-refractivity contribution in [3.8, 4) is 28.3 Å². The number of nitrogens with zero attached hydrogens (tertiary/aromatic N) is 3. The van der Waals surface area contributed by atoms with Gasteiger partial charge in [0.2, 0.25) is 0 Å². The highest BCUT2D eigenvalue weighted by atomic mass is 16.3. The molecule has 4 aromatic rings. The van der Waals surface area contributed by atoms with Gasteiger partial charge in [-0.05, 0) is 55.7 Å². The third-order valence-corrected chi connectivity index (χ3v) is 5.48. The summed E-state index contributed by atoms with van der Waals surface area (Å²) in [6.07, 6.45) is 3.89. The summed E-state index contributed by atoms with van der Waals surface area (Å²) in [5.41, 5.74) is 5.42. The quantitative estimate of drug-likeness (QED) is 0.533. The number of aromatic hydroxyl groups is 1. The number of nitrogens with one attached hydrogen (secondary N) is 1. The molecule has 0 amide bonds. The van der Waals surface area contributed by atoms with Crippen molar-refractivity contribution in [2.75, 3.05) is 18.0 Å². The molecule has 1 fully saturated rings. The van der Waals surface area contributed by atoms with Gasteiger partial charge in [-0.25, -0.2) is 4.98 Å². The Hall–Kier alpha value is -3.34. The number of H-pyrrole nitrogens is 1. The average molecular weight is 370 g/mol. The standard InChI is InChI=1S/C23H22N4O/c28-21-7-3-2-6-18(21)20-13-12-19-22(25-26-23(19)24-20)16-8-10-17(11-9-16)27-14-4-1-5-15-27/h2-3,6-13,28H,1,4-5,14-15H2,(H,24,25,26). The molecule has 1 saturated heterocycles. The summed E-state index contributed by atoms with van der Waals surface area (Å²) in [6.45, 7) is 2.29. The van der Waals surface area contributed by atoms with Crippen LogP contribution in [0.4, 0.5) is 5.69 Å². The minimum absolute atomic E-state index is 0.221. The molecule has 3 heterocycles. The van der Waals surface area contributed by atoms with E-state index >= 15 is 0 Å². The zero-order chi connectivity index (χ0) is 18.9. The van der Waals surface area contributed by atoms with Gasteiger partial charge in [0.25, 0.3) is 0 Å². The SMILES string of the molecule is Oc1ccccc1-c1ccc2c(-c3ccc(N4CCCCC4)cc3)[nH]nc2n1. The molecule has 0 spiro atoms. The fraction of sp³-hybridized carbons (Fsp3) is 0.217. The van der Waals surface area contributed by atoms with E-state index in [-0.39, 0.29) is 5.75 Å². The summed E-state index contributed by atoms with van der Waals surface area (Å²) in [5, 5.41) is 18.6. The fourth-order valence-electron chi connectivity index (χ4n) is 3.95. The third-order valence-electron chi connectivity index (χ3n) is 5.48. The maximum atomic E-state index is 10.1. The molecule has 2 aromatic carbocycles. The van der Waals surface area contributed by atoms with E-state index in [9.17, 15) is 5.11 Å². The van der Waals surface area contributed by atoms with Crippen LogP contribution in [0.25, 0.3) is 33.5 Å². The highest BCUT2D eigenvalue weighted by molar-refractivity contribution is 5.92. The van der Waals surface area contributed by atoms with Gasteiger partial charge in [-0.3, -0.25) is 5.10 Å². The van der Waals surface area contributed by atoms with E-state index < -0.39 is 0 Å². The van der Waals surface area contributed by atoms with Crippen LogP contribution in [0.5, 0.6) is 5.75 Å². The van der Waals surface area contributed by atoms with Crippen LogP contribution in [0.1, 0.15) is 19.3 Å². The number of fused-ring (bicyclic) bond motifs is 1. The summed E-state index contributed by atoms with van der Waals surface area (Å²) < 4.78 is 0. The number of phenolic OH excluding ortho intramolecular Hbond substituents is 1. The van der Waals surface area contributed by atoms with Gasteiger partial charge in [0.1, 0.15) is 5.75 Å². The van der Waals surface area contributed by atoms with E-state index in [1.54, 1.807) is 12.1 Å². The number of pyridine rings is 1. The molecule has 0 unspecified atom stereocenters. The van der Waals surface area contributed by atoms with Gasteiger partial charge in [0.15, 0.2) is 5.65 Å². The number of piperidine rings is 1.